The highest BCUT2D eigenvalue weighted by atomic mass is 32.2. The number of benzene rings is 3. The molecule has 0 saturated heterocycles. The van der Waals surface area contributed by atoms with Crippen LogP contribution in [0.1, 0.15) is 0 Å². The molecule has 2 atom stereocenters. The number of rotatable bonds is 9. The number of aliphatic hydroxyl groups excluding tert-OH is 1. The maximum absolute atomic E-state index is 12.8. The molecule has 0 aliphatic rings. The van der Waals surface area contributed by atoms with Gasteiger partial charge in [0.15, 0.2) is 11.5 Å². The van der Waals surface area contributed by atoms with Gasteiger partial charge in [-0.3, -0.25) is 0 Å². The fraction of sp³-hybridized carbons (Fsp3) is 0.190. The molecule has 0 fully saturated rings. The zero-order chi connectivity index (χ0) is 19.9. The molecule has 0 saturated carbocycles. The van der Waals surface area contributed by atoms with Crippen molar-refractivity contribution in [3.63, 3.8) is 0 Å². The molecular formula is C21H20O6S. The molecule has 6 nitrogen and oxygen atoms in total. The van der Waals surface area contributed by atoms with Crippen LogP contribution in [0.25, 0.3) is 10.8 Å². The van der Waals surface area contributed by atoms with E-state index in [-0.39, 0.29) is 12.4 Å². The lowest BCUT2D eigenvalue weighted by Crippen LogP contribution is -2.27. The third kappa shape index (κ3) is 5.16. The minimum Gasteiger partial charge on any atom is -0.611 e. The van der Waals surface area contributed by atoms with Crippen LogP contribution in [-0.4, -0.2) is 45.8 Å². The predicted octanol–water partition coefficient (Wildman–Crippen LogP) is 2.85. The molecule has 0 aliphatic heterocycles. The van der Waals surface area contributed by atoms with Gasteiger partial charge in [-0.1, -0.05) is 36.4 Å². The van der Waals surface area contributed by atoms with Gasteiger partial charge in [-0.2, -0.15) is 0 Å². The van der Waals surface area contributed by atoms with Crippen molar-refractivity contribution in [2.24, 2.45) is 0 Å². The van der Waals surface area contributed by atoms with Crippen LogP contribution in [0.4, 0.5) is 0 Å². The Morgan fingerprint density at radius 2 is 1.68 bits per heavy atom. The summed E-state index contributed by atoms with van der Waals surface area (Å²) in [6, 6.07) is 19.5. The first-order chi connectivity index (χ1) is 13.5. The molecule has 0 amide bonds. The Hall–Kier alpha value is -2.74. The van der Waals surface area contributed by atoms with E-state index in [4.69, 9.17) is 14.6 Å². The first kappa shape index (κ1) is 20.0. The molecule has 2 N–H and O–H groups in total. The number of para-hydroxylation sites is 1. The lowest BCUT2D eigenvalue weighted by atomic mass is 10.1. The van der Waals surface area contributed by atoms with Crippen LogP contribution in [0.5, 0.6) is 11.5 Å². The Morgan fingerprint density at radius 1 is 0.964 bits per heavy atom. The molecule has 28 heavy (non-hydrogen) atoms. The van der Waals surface area contributed by atoms with Gasteiger partial charge in [0.1, 0.15) is 30.0 Å². The highest BCUT2D eigenvalue weighted by molar-refractivity contribution is 7.91. The standard InChI is InChI=1S/C21H20O6S/c22-15(12-26-16-6-2-1-3-7-16)14-28(25)20-11-5-8-17-18(20)9-4-10-19(17)27-13-21(23)24/h1-11,15,22H,12-14H2,(H,23,24). The topological polar surface area (TPSA) is 99.1 Å². The Morgan fingerprint density at radius 3 is 2.43 bits per heavy atom. The molecule has 0 spiro atoms. The summed E-state index contributed by atoms with van der Waals surface area (Å²) in [4.78, 5) is 11.3. The summed E-state index contributed by atoms with van der Waals surface area (Å²) in [6.07, 6.45) is -0.900. The summed E-state index contributed by atoms with van der Waals surface area (Å²) in [5, 5.41) is 20.4. The second-order valence-electron chi connectivity index (χ2n) is 6.08. The Balaban J connectivity index is 1.71. The quantitative estimate of drug-likeness (QED) is 0.536. The highest BCUT2D eigenvalue weighted by Crippen LogP contribution is 2.31. The maximum Gasteiger partial charge on any atom is 0.341 e. The van der Waals surface area contributed by atoms with Crippen molar-refractivity contribution in [3.8, 4) is 11.5 Å². The van der Waals surface area contributed by atoms with E-state index in [0.717, 1.165) is 0 Å². The first-order valence-corrected chi connectivity index (χ1v) is 9.97. The first-order valence-electron chi connectivity index (χ1n) is 8.65. The Kier molecular flexibility index (Phi) is 6.76. The fourth-order valence-corrected chi connectivity index (χ4v) is 4.02. The number of aliphatic carboxylic acids is 1. The van der Waals surface area contributed by atoms with Crippen LogP contribution >= 0.6 is 0 Å². The minimum atomic E-state index is -1.47. The predicted molar refractivity (Wildman–Crippen MR) is 106 cm³/mol. The van der Waals surface area contributed by atoms with Crippen molar-refractivity contribution < 1.29 is 29.0 Å². The highest BCUT2D eigenvalue weighted by Gasteiger charge is 2.21. The van der Waals surface area contributed by atoms with Gasteiger partial charge in [0.25, 0.3) is 0 Å². The molecule has 0 radical (unpaired) electrons. The minimum absolute atomic E-state index is 0.0200. The molecule has 3 aromatic carbocycles. The van der Waals surface area contributed by atoms with E-state index >= 15 is 0 Å². The second-order valence-corrected chi connectivity index (χ2v) is 7.54. The Bertz CT molecular complexity index is 931. The van der Waals surface area contributed by atoms with Crippen molar-refractivity contribution in [1.82, 2.24) is 0 Å². The molecule has 0 aliphatic carbocycles. The van der Waals surface area contributed by atoms with Gasteiger partial charge in [-0.05, 0) is 41.5 Å². The second kappa shape index (κ2) is 9.45. The number of carboxylic acids is 1. The van der Waals surface area contributed by atoms with Crippen molar-refractivity contribution in [3.05, 3.63) is 66.7 Å². The number of carbonyl (C=O) groups is 1. The lowest BCUT2D eigenvalue weighted by Gasteiger charge is -2.17. The average molecular weight is 400 g/mol. The third-order valence-corrected chi connectivity index (χ3v) is 5.50. The van der Waals surface area contributed by atoms with E-state index in [1.165, 1.54) is 0 Å². The van der Waals surface area contributed by atoms with Crippen molar-refractivity contribution >= 4 is 27.9 Å². The normalized spacial score (nSPS) is 13.1. The summed E-state index contributed by atoms with van der Waals surface area (Å²) in [5.41, 5.74) is 0. The fourth-order valence-electron chi connectivity index (χ4n) is 2.74. The molecular weight excluding hydrogens is 380 g/mol. The van der Waals surface area contributed by atoms with E-state index in [1.54, 1.807) is 48.5 Å². The number of fused-ring (bicyclic) bond motifs is 1. The van der Waals surface area contributed by atoms with E-state index in [0.29, 0.717) is 27.2 Å². The maximum atomic E-state index is 12.8. The summed E-state index contributed by atoms with van der Waals surface area (Å²) in [7, 11) is 0. The number of hydrogen-bond donors (Lipinski definition) is 2. The number of ether oxygens (including phenoxy) is 2. The molecule has 0 heterocycles. The number of hydrogen-bond acceptors (Lipinski definition) is 5. The van der Waals surface area contributed by atoms with Crippen LogP contribution in [0.3, 0.4) is 0 Å². The average Bonchev–Trinajstić information content (AvgIpc) is 2.71. The van der Waals surface area contributed by atoms with Gasteiger partial charge in [0, 0.05) is 10.8 Å². The van der Waals surface area contributed by atoms with Crippen molar-refractivity contribution in [1.29, 1.82) is 0 Å². The number of carboxylic acid groups (broad SMARTS) is 1. The van der Waals surface area contributed by atoms with Gasteiger partial charge in [-0.25, -0.2) is 4.79 Å². The van der Waals surface area contributed by atoms with Crippen molar-refractivity contribution in [2.75, 3.05) is 19.0 Å². The summed E-state index contributed by atoms with van der Waals surface area (Å²) < 4.78 is 23.6. The molecule has 0 aromatic heterocycles. The lowest BCUT2D eigenvalue weighted by molar-refractivity contribution is -0.139. The van der Waals surface area contributed by atoms with Gasteiger partial charge >= 0.3 is 5.97 Å². The van der Waals surface area contributed by atoms with Crippen LogP contribution in [0.15, 0.2) is 71.6 Å². The summed E-state index contributed by atoms with van der Waals surface area (Å²) >= 11 is -1.47. The van der Waals surface area contributed by atoms with Crippen LogP contribution < -0.4 is 9.47 Å². The van der Waals surface area contributed by atoms with Crippen LogP contribution in [0.2, 0.25) is 0 Å². The van der Waals surface area contributed by atoms with E-state index < -0.39 is 29.9 Å². The van der Waals surface area contributed by atoms with Gasteiger partial charge in [0.05, 0.1) is 0 Å². The van der Waals surface area contributed by atoms with Gasteiger partial charge in [-0.15, -0.1) is 0 Å². The molecule has 3 aromatic rings. The smallest absolute Gasteiger partial charge is 0.341 e. The summed E-state index contributed by atoms with van der Waals surface area (Å²) in [5.74, 6) is -0.00528. The molecule has 7 heteroatoms. The number of aliphatic hydroxyl groups is 1. The third-order valence-electron chi connectivity index (χ3n) is 3.97. The van der Waals surface area contributed by atoms with E-state index in [1.807, 2.05) is 18.2 Å². The zero-order valence-electron chi connectivity index (χ0n) is 15.0. The Labute approximate surface area is 165 Å². The molecule has 2 unspecified atom stereocenters. The zero-order valence-corrected chi connectivity index (χ0v) is 15.8. The molecule has 0 bridgehead atoms. The SMILES string of the molecule is O=C(O)COc1cccc2c([S+]([O-])CC(O)COc3ccccc3)cccc12. The van der Waals surface area contributed by atoms with E-state index in [9.17, 15) is 14.5 Å². The van der Waals surface area contributed by atoms with Crippen molar-refractivity contribution in [2.45, 2.75) is 11.0 Å². The monoisotopic (exact) mass is 400 g/mol. The molecule has 3 rings (SSSR count). The van der Waals surface area contributed by atoms with Gasteiger partial charge < -0.3 is 24.2 Å². The van der Waals surface area contributed by atoms with Crippen LogP contribution in [-0.2, 0) is 16.0 Å². The van der Waals surface area contributed by atoms with E-state index in [2.05, 4.69) is 0 Å². The summed E-state index contributed by atoms with van der Waals surface area (Å²) in [6.45, 7) is -0.421. The van der Waals surface area contributed by atoms with Crippen LogP contribution in [0, 0.1) is 0 Å². The van der Waals surface area contributed by atoms with Gasteiger partial charge in [0.2, 0.25) is 0 Å². The largest absolute Gasteiger partial charge is 0.611 e. The molecule has 146 valence electrons.